The van der Waals surface area contributed by atoms with Crippen LogP contribution >= 0.6 is 0 Å². The highest BCUT2D eigenvalue weighted by Gasteiger charge is 2.14. The van der Waals surface area contributed by atoms with Crippen LogP contribution in [0.4, 0.5) is 0 Å². The van der Waals surface area contributed by atoms with E-state index in [4.69, 9.17) is 4.74 Å². The first-order valence-corrected chi connectivity index (χ1v) is 10.2. The van der Waals surface area contributed by atoms with Crippen LogP contribution in [0.15, 0.2) is 18.2 Å². The first kappa shape index (κ1) is 23.0. The van der Waals surface area contributed by atoms with Gasteiger partial charge in [0.25, 0.3) is 0 Å². The van der Waals surface area contributed by atoms with E-state index in [-0.39, 0.29) is 23.0 Å². The summed E-state index contributed by atoms with van der Waals surface area (Å²) in [5, 5.41) is 9.65. The third-order valence-electron chi connectivity index (χ3n) is 4.59. The quantitative estimate of drug-likeness (QED) is 0.252. The standard InChI is InChI=1S/C22H34O5/c1-3-4-5-6-7-8-9-10-11-12-13-14-21(24)27-18-15-16-20(23)19(17-18)22(25)26-2/h15-17,23H,3-14H2,1-2H3. The highest BCUT2D eigenvalue weighted by atomic mass is 16.5. The van der Waals surface area contributed by atoms with Crippen molar-refractivity contribution in [3.8, 4) is 11.5 Å². The van der Waals surface area contributed by atoms with Gasteiger partial charge in [-0.3, -0.25) is 4.79 Å². The van der Waals surface area contributed by atoms with Crippen molar-refractivity contribution in [1.82, 2.24) is 0 Å². The number of ether oxygens (including phenoxy) is 2. The molecule has 5 heteroatoms. The van der Waals surface area contributed by atoms with Gasteiger partial charge in [-0.05, 0) is 24.6 Å². The van der Waals surface area contributed by atoms with E-state index < -0.39 is 5.97 Å². The van der Waals surface area contributed by atoms with Crippen LogP contribution in [-0.2, 0) is 9.53 Å². The van der Waals surface area contributed by atoms with Crippen LogP contribution in [0, 0.1) is 0 Å². The first-order chi connectivity index (χ1) is 13.1. The molecule has 0 spiro atoms. The Hall–Kier alpha value is -2.04. The van der Waals surface area contributed by atoms with Crippen LogP contribution < -0.4 is 4.74 Å². The molecular weight excluding hydrogens is 344 g/mol. The zero-order valence-corrected chi connectivity index (χ0v) is 16.8. The molecule has 1 N–H and O–H groups in total. The van der Waals surface area contributed by atoms with Crippen LogP contribution in [0.1, 0.15) is 94.3 Å². The molecule has 0 saturated heterocycles. The molecule has 0 amide bonds. The molecule has 0 unspecified atom stereocenters. The number of carbonyl (C=O) groups is 2. The number of hydrogen-bond acceptors (Lipinski definition) is 5. The first-order valence-electron chi connectivity index (χ1n) is 10.2. The Labute approximate surface area is 163 Å². The van der Waals surface area contributed by atoms with Gasteiger partial charge in [-0.15, -0.1) is 0 Å². The summed E-state index contributed by atoms with van der Waals surface area (Å²) >= 11 is 0. The number of phenolic OH excluding ortho intramolecular Hbond substituents is 1. The molecule has 0 fully saturated rings. The molecule has 0 aliphatic carbocycles. The lowest BCUT2D eigenvalue weighted by Gasteiger charge is -2.07. The fraction of sp³-hybridized carbons (Fsp3) is 0.636. The number of aromatic hydroxyl groups is 1. The molecule has 0 aromatic heterocycles. The van der Waals surface area contributed by atoms with Gasteiger partial charge in [-0.25, -0.2) is 4.79 Å². The van der Waals surface area contributed by atoms with Crippen molar-refractivity contribution in [2.75, 3.05) is 7.11 Å². The number of carbonyl (C=O) groups excluding carboxylic acids is 2. The molecule has 0 atom stereocenters. The molecule has 0 heterocycles. The zero-order chi connectivity index (χ0) is 19.9. The van der Waals surface area contributed by atoms with Crippen LogP contribution in [-0.4, -0.2) is 24.2 Å². The van der Waals surface area contributed by atoms with Gasteiger partial charge >= 0.3 is 11.9 Å². The van der Waals surface area contributed by atoms with Crippen molar-refractivity contribution >= 4 is 11.9 Å². The molecule has 1 rings (SSSR count). The Kier molecular flexibility index (Phi) is 12.0. The SMILES string of the molecule is CCCCCCCCCCCCCC(=O)Oc1ccc(O)c(C(=O)OC)c1. The third-order valence-corrected chi connectivity index (χ3v) is 4.59. The van der Waals surface area contributed by atoms with Crippen LogP contribution in [0.5, 0.6) is 11.5 Å². The van der Waals surface area contributed by atoms with E-state index in [1.54, 1.807) is 0 Å². The van der Waals surface area contributed by atoms with E-state index in [9.17, 15) is 14.7 Å². The van der Waals surface area contributed by atoms with Crippen LogP contribution in [0.25, 0.3) is 0 Å². The number of benzene rings is 1. The minimum atomic E-state index is -0.671. The van der Waals surface area contributed by atoms with Crippen molar-refractivity contribution in [1.29, 1.82) is 0 Å². The number of unbranched alkanes of at least 4 members (excludes halogenated alkanes) is 10. The molecule has 1 aromatic carbocycles. The molecule has 1 aromatic rings. The van der Waals surface area contributed by atoms with Gasteiger partial charge in [0.2, 0.25) is 0 Å². The summed E-state index contributed by atoms with van der Waals surface area (Å²) in [5.41, 5.74) is -0.0162. The minimum absolute atomic E-state index is 0.0162. The Bertz CT molecular complexity index is 568. The fourth-order valence-electron chi connectivity index (χ4n) is 2.97. The van der Waals surface area contributed by atoms with Gasteiger partial charge in [0.1, 0.15) is 17.1 Å². The molecule has 152 valence electrons. The zero-order valence-electron chi connectivity index (χ0n) is 16.8. The Morgan fingerprint density at radius 2 is 1.44 bits per heavy atom. The third kappa shape index (κ3) is 10.0. The van der Waals surface area contributed by atoms with E-state index in [1.807, 2.05) is 0 Å². The maximum absolute atomic E-state index is 11.9. The summed E-state index contributed by atoms with van der Waals surface area (Å²) in [6, 6.07) is 4.09. The van der Waals surface area contributed by atoms with Gasteiger partial charge < -0.3 is 14.6 Å². The predicted molar refractivity (Wildman–Crippen MR) is 106 cm³/mol. The number of phenols is 1. The van der Waals surface area contributed by atoms with Gasteiger partial charge in [0.15, 0.2) is 0 Å². The molecule has 0 saturated carbocycles. The maximum Gasteiger partial charge on any atom is 0.341 e. The average molecular weight is 379 g/mol. The summed E-state index contributed by atoms with van der Waals surface area (Å²) in [7, 11) is 1.23. The van der Waals surface area contributed by atoms with Crippen molar-refractivity contribution < 1.29 is 24.2 Å². The Morgan fingerprint density at radius 1 is 0.889 bits per heavy atom. The van der Waals surface area contributed by atoms with E-state index in [1.165, 1.54) is 76.7 Å². The number of methoxy groups -OCH3 is 1. The van der Waals surface area contributed by atoms with Gasteiger partial charge in [-0.2, -0.15) is 0 Å². The monoisotopic (exact) mass is 378 g/mol. The van der Waals surface area contributed by atoms with Crippen molar-refractivity contribution in [2.45, 2.75) is 84.0 Å². The van der Waals surface area contributed by atoms with Crippen LogP contribution in [0.3, 0.4) is 0 Å². The average Bonchev–Trinajstić information content (AvgIpc) is 2.67. The largest absolute Gasteiger partial charge is 0.507 e. The summed E-state index contributed by atoms with van der Waals surface area (Å²) in [6.45, 7) is 2.24. The molecule has 27 heavy (non-hydrogen) atoms. The summed E-state index contributed by atoms with van der Waals surface area (Å²) < 4.78 is 9.82. The lowest BCUT2D eigenvalue weighted by Crippen LogP contribution is -2.09. The lowest BCUT2D eigenvalue weighted by molar-refractivity contribution is -0.134. The molecule has 0 bridgehead atoms. The molecule has 0 aliphatic heterocycles. The fourth-order valence-corrected chi connectivity index (χ4v) is 2.97. The highest BCUT2D eigenvalue weighted by molar-refractivity contribution is 5.93. The Balaban J connectivity index is 2.13. The predicted octanol–water partition coefficient (Wildman–Crippen LogP) is 5.79. The summed E-state index contributed by atoms with van der Waals surface area (Å²) in [4.78, 5) is 23.4. The molecule has 0 radical (unpaired) electrons. The van der Waals surface area contributed by atoms with E-state index in [0.29, 0.717) is 6.42 Å². The smallest absolute Gasteiger partial charge is 0.341 e. The molecular formula is C22H34O5. The topological polar surface area (TPSA) is 72.8 Å². The highest BCUT2D eigenvalue weighted by Crippen LogP contribution is 2.24. The second-order valence-electron chi connectivity index (χ2n) is 6.93. The number of rotatable bonds is 14. The van der Waals surface area contributed by atoms with Crippen LogP contribution in [0.2, 0.25) is 0 Å². The van der Waals surface area contributed by atoms with E-state index in [0.717, 1.165) is 19.3 Å². The van der Waals surface area contributed by atoms with Crippen molar-refractivity contribution in [3.63, 3.8) is 0 Å². The lowest BCUT2D eigenvalue weighted by atomic mass is 10.1. The summed E-state index contributed by atoms with van der Waals surface area (Å²) in [6.07, 6.45) is 13.8. The molecule has 5 nitrogen and oxygen atoms in total. The number of hydrogen-bond donors (Lipinski definition) is 1. The van der Waals surface area contributed by atoms with Crippen molar-refractivity contribution in [2.24, 2.45) is 0 Å². The second-order valence-corrected chi connectivity index (χ2v) is 6.93. The molecule has 0 aliphatic rings. The van der Waals surface area contributed by atoms with E-state index >= 15 is 0 Å². The second kappa shape index (κ2) is 14.1. The number of esters is 2. The Morgan fingerprint density at radius 3 is 2.00 bits per heavy atom. The summed E-state index contributed by atoms with van der Waals surface area (Å²) in [5.74, 6) is -0.962. The van der Waals surface area contributed by atoms with Crippen molar-refractivity contribution in [3.05, 3.63) is 23.8 Å². The maximum atomic E-state index is 11.9. The van der Waals surface area contributed by atoms with Gasteiger partial charge in [-0.1, -0.05) is 71.1 Å². The van der Waals surface area contributed by atoms with Gasteiger partial charge in [0, 0.05) is 6.42 Å². The van der Waals surface area contributed by atoms with Gasteiger partial charge in [0.05, 0.1) is 7.11 Å². The van der Waals surface area contributed by atoms with E-state index in [2.05, 4.69) is 11.7 Å². The minimum Gasteiger partial charge on any atom is -0.507 e. The normalized spacial score (nSPS) is 10.6.